The Morgan fingerprint density at radius 1 is 1.06 bits per heavy atom. The summed E-state index contributed by atoms with van der Waals surface area (Å²) in [7, 11) is 0. The number of ether oxygens (including phenoxy) is 1. The predicted octanol–water partition coefficient (Wildman–Crippen LogP) is 4.44. The van der Waals surface area contributed by atoms with Crippen LogP contribution in [0.1, 0.15) is 69.8 Å². The number of hydrogen-bond donors (Lipinski definition) is 3. The van der Waals surface area contributed by atoms with Crippen LogP contribution in [0.5, 0.6) is 0 Å². The van der Waals surface area contributed by atoms with E-state index in [2.05, 4.69) is 24.0 Å². The van der Waals surface area contributed by atoms with Crippen molar-refractivity contribution in [3.05, 3.63) is 48.0 Å². The van der Waals surface area contributed by atoms with E-state index in [4.69, 9.17) is 17.6 Å². The first-order valence-corrected chi connectivity index (χ1v) is 13.2. The lowest BCUT2D eigenvalue weighted by atomic mass is 9.85. The molecule has 3 N–H and O–H groups in total. The first kappa shape index (κ1) is 29.7. The van der Waals surface area contributed by atoms with Gasteiger partial charge in [-0.1, -0.05) is 42.5 Å². The highest BCUT2D eigenvalue weighted by molar-refractivity contribution is 5.69. The van der Waals surface area contributed by atoms with Gasteiger partial charge < -0.3 is 20.1 Å². The zero-order chi connectivity index (χ0) is 26.2. The molecule has 0 aliphatic heterocycles. The molecule has 0 spiro atoms. The fourth-order valence-electron chi connectivity index (χ4n) is 4.95. The second kappa shape index (κ2) is 17.0. The summed E-state index contributed by atoms with van der Waals surface area (Å²) in [4.78, 5) is 11.9. The normalized spacial score (nSPS) is 22.4. The Hall–Kier alpha value is -2.57. The maximum Gasteiger partial charge on any atom is 0.305 e. The van der Waals surface area contributed by atoms with Gasteiger partial charge >= 0.3 is 5.97 Å². The molecule has 196 valence electrons. The Bertz CT molecular complexity index is 849. The maximum atomic E-state index is 11.9. The molecule has 1 unspecified atom stereocenters. The average Bonchev–Trinajstić information content (AvgIpc) is 3.14. The molecule has 0 amide bonds. The second-order valence-electron chi connectivity index (χ2n) is 9.92. The standard InChI is InChI=1S/C31H42O5/c1-3-12-25(13-4-2)23-36-31(35)17-11-6-5-10-16-27-28(30(34)22-29(27)33)21-20-26(32)19-18-24-14-8-7-9-15-24/h1-2,5,7-10,14-15,25-30,32-34H,6,11-13,16-23H2/t26?,27-,28-,29+,30-/m1/s1. The monoisotopic (exact) mass is 494 g/mol. The van der Waals surface area contributed by atoms with Gasteiger partial charge in [-0.05, 0) is 68.8 Å². The van der Waals surface area contributed by atoms with Gasteiger partial charge in [0.05, 0.1) is 24.9 Å². The van der Waals surface area contributed by atoms with E-state index in [0.717, 1.165) is 12.8 Å². The van der Waals surface area contributed by atoms with E-state index >= 15 is 0 Å². The minimum Gasteiger partial charge on any atom is -0.465 e. The summed E-state index contributed by atoms with van der Waals surface area (Å²) in [6.07, 6.45) is 19.8. The number of aliphatic hydroxyl groups excluding tert-OH is 3. The van der Waals surface area contributed by atoms with E-state index in [1.54, 1.807) is 0 Å². The van der Waals surface area contributed by atoms with Gasteiger partial charge in [-0.15, -0.1) is 24.7 Å². The molecule has 0 bridgehead atoms. The summed E-state index contributed by atoms with van der Waals surface area (Å²) in [5.74, 6) is 4.83. The van der Waals surface area contributed by atoms with Crippen molar-refractivity contribution in [2.24, 2.45) is 17.8 Å². The third-order valence-electron chi connectivity index (χ3n) is 7.08. The quantitative estimate of drug-likeness (QED) is 0.137. The van der Waals surface area contributed by atoms with Crippen LogP contribution in [0.4, 0.5) is 0 Å². The molecule has 1 saturated carbocycles. The van der Waals surface area contributed by atoms with Crippen molar-refractivity contribution in [3.63, 3.8) is 0 Å². The van der Waals surface area contributed by atoms with Crippen LogP contribution < -0.4 is 0 Å². The topological polar surface area (TPSA) is 87.0 Å². The highest BCUT2D eigenvalue weighted by atomic mass is 16.5. The summed E-state index contributed by atoms with van der Waals surface area (Å²) in [6, 6.07) is 10.1. The van der Waals surface area contributed by atoms with Gasteiger partial charge in [0.15, 0.2) is 0 Å². The van der Waals surface area contributed by atoms with Gasteiger partial charge in [-0.3, -0.25) is 4.79 Å². The van der Waals surface area contributed by atoms with Gasteiger partial charge in [-0.25, -0.2) is 0 Å². The molecule has 2 rings (SSSR count). The van der Waals surface area contributed by atoms with Crippen LogP contribution >= 0.6 is 0 Å². The molecular weight excluding hydrogens is 452 g/mol. The van der Waals surface area contributed by atoms with Crippen LogP contribution in [0, 0.1) is 42.4 Å². The first-order chi connectivity index (χ1) is 17.4. The van der Waals surface area contributed by atoms with E-state index in [1.807, 2.05) is 30.4 Å². The molecule has 0 heterocycles. The number of terminal acetylenes is 2. The summed E-state index contributed by atoms with van der Waals surface area (Å²) in [6.45, 7) is 0.257. The van der Waals surface area contributed by atoms with Gasteiger partial charge in [0.2, 0.25) is 0 Å². The number of aliphatic hydroxyl groups is 3. The number of carbonyl (C=O) groups is 1. The third-order valence-corrected chi connectivity index (χ3v) is 7.08. The van der Waals surface area contributed by atoms with Gasteiger partial charge in [0.1, 0.15) is 0 Å². The van der Waals surface area contributed by atoms with Crippen molar-refractivity contribution >= 4 is 5.97 Å². The second-order valence-corrected chi connectivity index (χ2v) is 9.92. The average molecular weight is 495 g/mol. The molecule has 1 aromatic rings. The summed E-state index contributed by atoms with van der Waals surface area (Å²) in [5, 5.41) is 31.4. The first-order valence-electron chi connectivity index (χ1n) is 13.2. The Balaban J connectivity index is 1.66. The van der Waals surface area contributed by atoms with E-state index in [1.165, 1.54) is 5.56 Å². The van der Waals surface area contributed by atoms with Crippen LogP contribution in [0.3, 0.4) is 0 Å². The van der Waals surface area contributed by atoms with Gasteiger partial charge in [-0.2, -0.15) is 0 Å². The highest BCUT2D eigenvalue weighted by Gasteiger charge is 2.40. The molecule has 1 aromatic carbocycles. The Labute approximate surface area is 217 Å². The minimum atomic E-state index is -0.540. The Morgan fingerprint density at radius 2 is 1.75 bits per heavy atom. The molecular formula is C31H42O5. The van der Waals surface area contributed by atoms with E-state index in [9.17, 15) is 20.1 Å². The molecule has 0 aromatic heterocycles. The van der Waals surface area contributed by atoms with Gasteiger partial charge in [0, 0.05) is 25.2 Å². The molecule has 5 atom stereocenters. The molecule has 5 nitrogen and oxygen atoms in total. The lowest BCUT2D eigenvalue weighted by Gasteiger charge is -2.23. The predicted molar refractivity (Wildman–Crippen MR) is 143 cm³/mol. The zero-order valence-electron chi connectivity index (χ0n) is 21.3. The number of hydrogen-bond acceptors (Lipinski definition) is 5. The lowest BCUT2D eigenvalue weighted by molar-refractivity contribution is -0.145. The number of allylic oxidation sites excluding steroid dienone is 2. The summed E-state index contributed by atoms with van der Waals surface area (Å²) in [5.41, 5.74) is 1.21. The third kappa shape index (κ3) is 11.0. The zero-order valence-corrected chi connectivity index (χ0v) is 21.3. The number of rotatable bonds is 16. The van der Waals surface area contributed by atoms with Crippen molar-refractivity contribution in [3.8, 4) is 24.7 Å². The molecule has 1 aliphatic carbocycles. The van der Waals surface area contributed by atoms with Crippen molar-refractivity contribution in [1.82, 2.24) is 0 Å². The molecule has 0 radical (unpaired) electrons. The fourth-order valence-corrected chi connectivity index (χ4v) is 4.95. The van der Waals surface area contributed by atoms with Crippen LogP contribution in [0.25, 0.3) is 0 Å². The van der Waals surface area contributed by atoms with Crippen LogP contribution in [0.2, 0.25) is 0 Å². The summed E-state index contributed by atoms with van der Waals surface area (Å²) >= 11 is 0. The Kier molecular flexibility index (Phi) is 14.0. The number of aryl methyl sites for hydroxylation is 1. The number of benzene rings is 1. The molecule has 0 saturated heterocycles. The van der Waals surface area contributed by atoms with Crippen LogP contribution in [-0.2, 0) is 16.0 Å². The Morgan fingerprint density at radius 3 is 2.44 bits per heavy atom. The highest BCUT2D eigenvalue weighted by Crippen LogP contribution is 2.38. The number of esters is 1. The van der Waals surface area contributed by atoms with Crippen LogP contribution in [0.15, 0.2) is 42.5 Å². The van der Waals surface area contributed by atoms with Gasteiger partial charge in [0.25, 0.3) is 0 Å². The SMILES string of the molecule is C#CCC(CC#C)COC(=O)CCCC=CC[C@@H]1[C@@H](CCC(O)CCc2ccccc2)[C@H](O)C[C@@H]1O. The molecule has 1 fully saturated rings. The van der Waals surface area contributed by atoms with E-state index in [0.29, 0.717) is 57.8 Å². The lowest BCUT2D eigenvalue weighted by Crippen LogP contribution is -2.23. The van der Waals surface area contributed by atoms with Crippen molar-refractivity contribution in [2.75, 3.05) is 6.61 Å². The molecule has 1 aliphatic rings. The largest absolute Gasteiger partial charge is 0.465 e. The summed E-state index contributed by atoms with van der Waals surface area (Å²) < 4.78 is 5.29. The molecule has 5 heteroatoms. The van der Waals surface area contributed by atoms with Crippen LogP contribution in [-0.4, -0.2) is 46.2 Å². The smallest absolute Gasteiger partial charge is 0.305 e. The van der Waals surface area contributed by atoms with Crippen molar-refractivity contribution < 1.29 is 24.9 Å². The fraction of sp³-hybridized carbons (Fsp3) is 0.581. The molecule has 36 heavy (non-hydrogen) atoms. The number of carbonyl (C=O) groups excluding carboxylic acids is 1. The van der Waals surface area contributed by atoms with Crippen molar-refractivity contribution in [1.29, 1.82) is 0 Å². The number of unbranched alkanes of at least 4 members (excludes halogenated alkanes) is 1. The maximum absolute atomic E-state index is 11.9. The van der Waals surface area contributed by atoms with E-state index < -0.39 is 18.3 Å². The minimum absolute atomic E-state index is 0.00922. The van der Waals surface area contributed by atoms with E-state index in [-0.39, 0.29) is 30.3 Å². The van der Waals surface area contributed by atoms with Crippen molar-refractivity contribution in [2.45, 2.75) is 88.9 Å².